The third kappa shape index (κ3) is 5.57. The zero-order chi connectivity index (χ0) is 21.3. The second-order valence-electron chi connectivity index (χ2n) is 7.20. The molecule has 1 atom stereocenters. The maximum Gasteiger partial charge on any atom is 0.220 e. The summed E-state index contributed by atoms with van der Waals surface area (Å²) in [4.78, 5) is 14.8. The van der Waals surface area contributed by atoms with Crippen molar-refractivity contribution in [1.29, 1.82) is 0 Å². The second-order valence-corrected chi connectivity index (χ2v) is 7.20. The minimum absolute atomic E-state index is 0.0214. The largest absolute Gasteiger partial charge is 0.461 e. The summed E-state index contributed by atoms with van der Waals surface area (Å²) in [6, 6.07) is 20.4. The summed E-state index contributed by atoms with van der Waals surface area (Å²) >= 11 is 0. The first-order chi connectivity index (χ1) is 14.6. The van der Waals surface area contributed by atoms with Crippen LogP contribution in [-0.2, 0) is 11.2 Å². The number of carbonyl (C=O) groups excluding carboxylic acids is 1. The highest BCUT2D eigenvalue weighted by molar-refractivity contribution is 5.76. The summed E-state index contributed by atoms with van der Waals surface area (Å²) in [5.74, 6) is 0.812. The normalized spacial score (nSPS) is 12.1. The summed E-state index contributed by atoms with van der Waals surface area (Å²) in [7, 11) is 0. The number of furan rings is 1. The van der Waals surface area contributed by atoms with Crippen LogP contribution in [0.3, 0.4) is 0 Å². The molecule has 0 bridgehead atoms. The maximum atomic E-state index is 13.9. The first-order valence-corrected chi connectivity index (χ1v) is 10.5. The van der Waals surface area contributed by atoms with Crippen LogP contribution in [0.1, 0.15) is 37.6 Å². The molecule has 0 aliphatic rings. The predicted octanol–water partition coefficient (Wildman–Crippen LogP) is 5.22. The lowest BCUT2D eigenvalue weighted by Gasteiger charge is -2.30. The zero-order valence-corrected chi connectivity index (χ0v) is 17.6. The number of halogens is 1. The fourth-order valence-electron chi connectivity index (χ4n) is 3.65. The molecule has 1 unspecified atom stereocenters. The number of amides is 1. The molecule has 3 rings (SSSR count). The van der Waals surface area contributed by atoms with Crippen LogP contribution in [0.4, 0.5) is 4.39 Å². The molecule has 5 heteroatoms. The molecule has 0 spiro atoms. The number of aryl methyl sites for hydroxylation is 1. The van der Waals surface area contributed by atoms with E-state index in [4.69, 9.17) is 4.42 Å². The number of rotatable bonds is 10. The number of benzene rings is 2. The van der Waals surface area contributed by atoms with Crippen molar-refractivity contribution < 1.29 is 13.6 Å². The lowest BCUT2D eigenvalue weighted by Crippen LogP contribution is -2.38. The predicted molar refractivity (Wildman–Crippen MR) is 118 cm³/mol. The average Bonchev–Trinajstić information content (AvgIpc) is 3.25. The van der Waals surface area contributed by atoms with Crippen LogP contribution >= 0.6 is 0 Å². The van der Waals surface area contributed by atoms with Gasteiger partial charge in [-0.2, -0.15) is 0 Å². The van der Waals surface area contributed by atoms with Gasteiger partial charge in [-0.1, -0.05) is 56.3 Å². The van der Waals surface area contributed by atoms with Crippen LogP contribution < -0.4 is 5.32 Å². The Morgan fingerprint density at radius 1 is 1.00 bits per heavy atom. The number of nitrogens with one attached hydrogen (secondary N) is 1. The monoisotopic (exact) mass is 408 g/mol. The molecule has 1 N–H and O–H groups in total. The number of carbonyl (C=O) groups is 1. The Bertz CT molecular complexity index is 935. The van der Waals surface area contributed by atoms with Gasteiger partial charge in [0.25, 0.3) is 0 Å². The van der Waals surface area contributed by atoms with Crippen molar-refractivity contribution in [1.82, 2.24) is 10.2 Å². The van der Waals surface area contributed by atoms with Crippen molar-refractivity contribution in [3.63, 3.8) is 0 Å². The summed E-state index contributed by atoms with van der Waals surface area (Å²) in [5, 5.41) is 3.07. The summed E-state index contributed by atoms with van der Waals surface area (Å²) in [6.07, 6.45) is 0.797. The highest BCUT2D eigenvalue weighted by Crippen LogP contribution is 2.25. The zero-order valence-electron chi connectivity index (χ0n) is 17.6. The Kier molecular flexibility index (Phi) is 7.80. The van der Waals surface area contributed by atoms with Crippen molar-refractivity contribution >= 4 is 5.91 Å². The number of hydrogen-bond acceptors (Lipinski definition) is 3. The van der Waals surface area contributed by atoms with Gasteiger partial charge in [0, 0.05) is 19.4 Å². The van der Waals surface area contributed by atoms with Crippen LogP contribution in [-0.4, -0.2) is 30.4 Å². The molecule has 0 aliphatic carbocycles. The van der Waals surface area contributed by atoms with Gasteiger partial charge in [0.05, 0.1) is 11.6 Å². The van der Waals surface area contributed by atoms with Crippen LogP contribution in [0, 0.1) is 5.82 Å². The molecular formula is C25H29FN2O2. The second kappa shape index (κ2) is 10.7. The van der Waals surface area contributed by atoms with Gasteiger partial charge in [-0.05, 0) is 42.9 Å². The topological polar surface area (TPSA) is 45.5 Å². The van der Waals surface area contributed by atoms with Gasteiger partial charge in [-0.15, -0.1) is 0 Å². The fourth-order valence-corrected chi connectivity index (χ4v) is 3.65. The summed E-state index contributed by atoms with van der Waals surface area (Å²) in [6.45, 7) is 6.65. The Hall–Kier alpha value is -2.92. The third-order valence-corrected chi connectivity index (χ3v) is 5.33. The molecule has 1 amide bonds. The fraction of sp³-hybridized carbons (Fsp3) is 0.320. The van der Waals surface area contributed by atoms with Crippen molar-refractivity contribution in [3.8, 4) is 11.3 Å². The van der Waals surface area contributed by atoms with E-state index in [1.807, 2.05) is 18.2 Å². The number of likely N-dealkylation sites (N-methyl/N-ethyl adjacent to an activating group) is 1. The minimum Gasteiger partial charge on any atom is -0.461 e. The summed E-state index contributed by atoms with van der Waals surface area (Å²) < 4.78 is 19.7. The summed E-state index contributed by atoms with van der Waals surface area (Å²) in [5.41, 5.74) is 1.63. The molecule has 0 saturated carbocycles. The highest BCUT2D eigenvalue weighted by Gasteiger charge is 2.18. The third-order valence-electron chi connectivity index (χ3n) is 5.33. The molecular weight excluding hydrogens is 379 g/mol. The van der Waals surface area contributed by atoms with E-state index in [1.165, 1.54) is 11.6 Å². The smallest absolute Gasteiger partial charge is 0.220 e. The van der Waals surface area contributed by atoms with Crippen molar-refractivity contribution in [2.45, 2.75) is 32.7 Å². The molecule has 2 aromatic carbocycles. The van der Waals surface area contributed by atoms with Gasteiger partial charge in [0.2, 0.25) is 5.91 Å². The van der Waals surface area contributed by atoms with E-state index >= 15 is 0 Å². The van der Waals surface area contributed by atoms with Crippen LogP contribution in [0.15, 0.2) is 71.1 Å². The van der Waals surface area contributed by atoms with Crippen LogP contribution in [0.5, 0.6) is 0 Å². The van der Waals surface area contributed by atoms with E-state index in [1.54, 1.807) is 30.3 Å². The molecule has 0 radical (unpaired) electrons. The van der Waals surface area contributed by atoms with Crippen molar-refractivity contribution in [2.75, 3.05) is 19.6 Å². The molecule has 30 heavy (non-hydrogen) atoms. The quantitative estimate of drug-likeness (QED) is 0.500. The van der Waals surface area contributed by atoms with Gasteiger partial charge in [0.15, 0.2) is 0 Å². The maximum absolute atomic E-state index is 13.9. The molecule has 0 saturated heterocycles. The van der Waals surface area contributed by atoms with Crippen molar-refractivity contribution in [2.24, 2.45) is 0 Å². The van der Waals surface area contributed by atoms with E-state index in [0.717, 1.165) is 13.1 Å². The molecule has 3 aromatic rings. The molecule has 1 aromatic heterocycles. The molecule has 0 fully saturated rings. The van der Waals surface area contributed by atoms with Gasteiger partial charge < -0.3 is 9.73 Å². The number of nitrogens with zero attached hydrogens (tertiary/aromatic N) is 1. The standard InChI is InChI=1S/C25H29FN2O2/c1-3-28(4-2)23(19-10-6-5-7-11-19)18-27-25(29)17-15-20-14-16-24(30-20)21-12-8-9-13-22(21)26/h5-14,16,23H,3-4,15,17-18H2,1-2H3,(H,27,29). The Morgan fingerprint density at radius 3 is 2.40 bits per heavy atom. The van der Waals surface area contributed by atoms with E-state index in [9.17, 15) is 9.18 Å². The lowest BCUT2D eigenvalue weighted by atomic mass is 10.0. The Balaban J connectivity index is 1.56. The first-order valence-electron chi connectivity index (χ1n) is 10.5. The van der Waals surface area contributed by atoms with Gasteiger partial charge >= 0.3 is 0 Å². The van der Waals surface area contributed by atoms with E-state index in [0.29, 0.717) is 36.5 Å². The Morgan fingerprint density at radius 2 is 1.70 bits per heavy atom. The molecule has 4 nitrogen and oxygen atoms in total. The van der Waals surface area contributed by atoms with Gasteiger partial charge in [0.1, 0.15) is 17.3 Å². The SMILES string of the molecule is CCN(CC)C(CNC(=O)CCc1ccc(-c2ccccc2F)o1)c1ccccc1. The highest BCUT2D eigenvalue weighted by atomic mass is 19.1. The van der Waals surface area contributed by atoms with E-state index in [2.05, 4.69) is 36.2 Å². The van der Waals surface area contributed by atoms with Crippen LogP contribution in [0.2, 0.25) is 0 Å². The van der Waals surface area contributed by atoms with Gasteiger partial charge in [-0.3, -0.25) is 9.69 Å². The van der Waals surface area contributed by atoms with E-state index < -0.39 is 0 Å². The van der Waals surface area contributed by atoms with Crippen LogP contribution in [0.25, 0.3) is 11.3 Å². The van der Waals surface area contributed by atoms with E-state index in [-0.39, 0.29) is 17.8 Å². The van der Waals surface area contributed by atoms with Gasteiger partial charge in [-0.25, -0.2) is 4.39 Å². The minimum atomic E-state index is -0.320. The van der Waals surface area contributed by atoms with Crippen molar-refractivity contribution in [3.05, 3.63) is 83.9 Å². The molecule has 0 aliphatic heterocycles. The number of hydrogen-bond donors (Lipinski definition) is 1. The average molecular weight is 409 g/mol. The lowest BCUT2D eigenvalue weighted by molar-refractivity contribution is -0.121. The molecule has 1 heterocycles. The Labute approximate surface area is 177 Å². The first kappa shape index (κ1) is 21.8. The molecule has 158 valence electrons.